The van der Waals surface area contributed by atoms with Crippen molar-refractivity contribution in [1.82, 2.24) is 10.6 Å². The molecule has 4 N–H and O–H groups in total. The highest BCUT2D eigenvalue weighted by atomic mass is 16.2. The Labute approximate surface area is 115 Å². The summed E-state index contributed by atoms with van der Waals surface area (Å²) in [5.74, 6) is -0.126. The van der Waals surface area contributed by atoms with Crippen LogP contribution in [0.5, 0.6) is 0 Å². The van der Waals surface area contributed by atoms with Gasteiger partial charge in [-0.2, -0.15) is 0 Å². The number of hydrogen-bond donors (Lipinski definition) is 3. The van der Waals surface area contributed by atoms with Gasteiger partial charge in [0.15, 0.2) is 0 Å². The van der Waals surface area contributed by atoms with Crippen LogP contribution in [-0.2, 0) is 9.59 Å². The Morgan fingerprint density at radius 3 is 2.53 bits per heavy atom. The second-order valence-electron chi connectivity index (χ2n) is 5.44. The number of rotatable bonds is 7. The van der Waals surface area contributed by atoms with Gasteiger partial charge in [0.05, 0.1) is 5.41 Å². The van der Waals surface area contributed by atoms with Crippen molar-refractivity contribution in [1.29, 1.82) is 0 Å². The molecular formula is C14H27N3O2. The van der Waals surface area contributed by atoms with Crippen LogP contribution in [0.1, 0.15) is 52.4 Å². The molecule has 1 fully saturated rings. The van der Waals surface area contributed by atoms with Crippen molar-refractivity contribution in [3.05, 3.63) is 0 Å². The molecule has 0 saturated carbocycles. The first-order chi connectivity index (χ1) is 9.09. The third kappa shape index (κ3) is 3.93. The molecular weight excluding hydrogens is 242 g/mol. The molecule has 2 amide bonds. The summed E-state index contributed by atoms with van der Waals surface area (Å²) in [6.07, 6.45) is 5.02. The van der Waals surface area contributed by atoms with Gasteiger partial charge in [0, 0.05) is 13.1 Å². The zero-order valence-corrected chi connectivity index (χ0v) is 12.1. The van der Waals surface area contributed by atoms with E-state index >= 15 is 0 Å². The number of carbonyl (C=O) groups is 2. The van der Waals surface area contributed by atoms with Crippen molar-refractivity contribution in [3.8, 4) is 0 Å². The van der Waals surface area contributed by atoms with Gasteiger partial charge in [-0.25, -0.2) is 0 Å². The van der Waals surface area contributed by atoms with Crippen molar-refractivity contribution in [3.63, 3.8) is 0 Å². The minimum Gasteiger partial charge on any atom is -0.354 e. The quantitative estimate of drug-likeness (QED) is 0.643. The van der Waals surface area contributed by atoms with E-state index < -0.39 is 5.41 Å². The topological polar surface area (TPSA) is 84.2 Å². The van der Waals surface area contributed by atoms with Gasteiger partial charge in [0.2, 0.25) is 11.8 Å². The molecule has 1 atom stereocenters. The van der Waals surface area contributed by atoms with E-state index in [-0.39, 0.29) is 17.9 Å². The molecule has 0 bridgehead atoms. The highest BCUT2D eigenvalue weighted by Crippen LogP contribution is 2.29. The molecule has 0 radical (unpaired) electrons. The number of nitrogens with one attached hydrogen (secondary N) is 2. The predicted molar refractivity (Wildman–Crippen MR) is 75.5 cm³/mol. The molecule has 0 spiro atoms. The number of piperidine rings is 1. The summed E-state index contributed by atoms with van der Waals surface area (Å²) in [4.78, 5) is 24.2. The molecule has 19 heavy (non-hydrogen) atoms. The van der Waals surface area contributed by atoms with Crippen molar-refractivity contribution in [2.75, 3.05) is 13.1 Å². The van der Waals surface area contributed by atoms with Gasteiger partial charge in [-0.05, 0) is 25.7 Å². The summed E-state index contributed by atoms with van der Waals surface area (Å²) in [6, 6.07) is -0.388. The van der Waals surface area contributed by atoms with Crippen LogP contribution < -0.4 is 16.4 Å². The van der Waals surface area contributed by atoms with Crippen molar-refractivity contribution >= 4 is 11.8 Å². The lowest BCUT2D eigenvalue weighted by Crippen LogP contribution is -2.55. The van der Waals surface area contributed by atoms with E-state index in [0.717, 1.165) is 38.5 Å². The van der Waals surface area contributed by atoms with Crippen molar-refractivity contribution < 1.29 is 9.59 Å². The molecule has 1 aliphatic heterocycles. The van der Waals surface area contributed by atoms with Crippen LogP contribution in [0.4, 0.5) is 0 Å². The van der Waals surface area contributed by atoms with Crippen LogP contribution in [0.25, 0.3) is 0 Å². The Morgan fingerprint density at radius 1 is 1.42 bits per heavy atom. The van der Waals surface area contributed by atoms with Gasteiger partial charge in [0.25, 0.3) is 0 Å². The summed E-state index contributed by atoms with van der Waals surface area (Å²) in [6.45, 7) is 5.16. The molecule has 0 aromatic rings. The van der Waals surface area contributed by atoms with Crippen LogP contribution in [0, 0.1) is 5.41 Å². The molecule has 0 aromatic heterocycles. The summed E-state index contributed by atoms with van der Waals surface area (Å²) in [5.41, 5.74) is 5.35. The van der Waals surface area contributed by atoms with Crippen LogP contribution in [0.2, 0.25) is 0 Å². The predicted octanol–water partition coefficient (Wildman–Crippen LogP) is 0.927. The lowest BCUT2D eigenvalue weighted by molar-refractivity contribution is -0.136. The second kappa shape index (κ2) is 7.48. The average molecular weight is 269 g/mol. The maximum absolute atomic E-state index is 12.5. The normalized spacial score (nSPS) is 19.9. The molecule has 1 saturated heterocycles. The van der Waals surface area contributed by atoms with Gasteiger partial charge in [-0.15, -0.1) is 0 Å². The standard InChI is InChI=1S/C14H27N3O2/c1-3-7-14(10-15,8-4-2)13(19)17-11-6-5-9-16-12(11)18/h11H,3-10,15H2,1-2H3,(H,16,18)(H,17,19). The van der Waals surface area contributed by atoms with Gasteiger partial charge in [0.1, 0.15) is 6.04 Å². The minimum atomic E-state index is -0.513. The number of carbonyl (C=O) groups excluding carboxylic acids is 2. The van der Waals surface area contributed by atoms with E-state index in [1.807, 2.05) is 0 Å². The van der Waals surface area contributed by atoms with Crippen LogP contribution in [0.15, 0.2) is 0 Å². The van der Waals surface area contributed by atoms with Gasteiger partial charge in [-0.3, -0.25) is 9.59 Å². The lowest BCUT2D eigenvalue weighted by Gasteiger charge is -2.33. The third-order valence-electron chi connectivity index (χ3n) is 3.92. The van der Waals surface area contributed by atoms with Crippen molar-refractivity contribution in [2.24, 2.45) is 11.1 Å². The van der Waals surface area contributed by atoms with E-state index in [9.17, 15) is 9.59 Å². The third-order valence-corrected chi connectivity index (χ3v) is 3.92. The van der Waals surface area contributed by atoms with Crippen LogP contribution >= 0.6 is 0 Å². The highest BCUT2D eigenvalue weighted by Gasteiger charge is 2.37. The number of hydrogen-bond acceptors (Lipinski definition) is 3. The largest absolute Gasteiger partial charge is 0.354 e. The van der Waals surface area contributed by atoms with Gasteiger partial charge < -0.3 is 16.4 Å². The Bertz CT molecular complexity index is 312. The SMILES string of the molecule is CCCC(CN)(CCC)C(=O)NC1CCCNC1=O. The van der Waals surface area contributed by atoms with Gasteiger partial charge in [-0.1, -0.05) is 26.7 Å². The van der Waals surface area contributed by atoms with Crippen LogP contribution in [-0.4, -0.2) is 30.9 Å². The summed E-state index contributed by atoms with van der Waals surface area (Å²) < 4.78 is 0. The maximum Gasteiger partial charge on any atom is 0.242 e. The molecule has 110 valence electrons. The van der Waals surface area contributed by atoms with E-state index in [2.05, 4.69) is 24.5 Å². The first-order valence-electron chi connectivity index (χ1n) is 7.38. The zero-order chi connectivity index (χ0) is 14.3. The Kier molecular flexibility index (Phi) is 6.28. The molecule has 1 aliphatic rings. The molecule has 1 rings (SSSR count). The molecule has 5 heteroatoms. The average Bonchev–Trinajstić information content (AvgIpc) is 2.41. The van der Waals surface area contributed by atoms with Crippen molar-refractivity contribution in [2.45, 2.75) is 58.4 Å². The van der Waals surface area contributed by atoms with E-state index in [1.165, 1.54) is 0 Å². The molecule has 0 aliphatic carbocycles. The summed E-state index contributed by atoms with van der Waals surface area (Å²) in [5, 5.41) is 5.69. The summed E-state index contributed by atoms with van der Waals surface area (Å²) >= 11 is 0. The van der Waals surface area contributed by atoms with E-state index in [1.54, 1.807) is 0 Å². The minimum absolute atomic E-state index is 0.0549. The number of nitrogens with two attached hydrogens (primary N) is 1. The summed E-state index contributed by atoms with van der Waals surface area (Å²) in [7, 11) is 0. The second-order valence-corrected chi connectivity index (χ2v) is 5.44. The maximum atomic E-state index is 12.5. The van der Waals surface area contributed by atoms with E-state index in [0.29, 0.717) is 13.1 Å². The molecule has 1 heterocycles. The Morgan fingerprint density at radius 2 is 2.05 bits per heavy atom. The first kappa shape index (κ1) is 16.0. The highest BCUT2D eigenvalue weighted by molar-refractivity contribution is 5.90. The fourth-order valence-corrected chi connectivity index (χ4v) is 2.83. The van der Waals surface area contributed by atoms with Gasteiger partial charge >= 0.3 is 0 Å². The van der Waals surface area contributed by atoms with E-state index in [4.69, 9.17) is 5.73 Å². The molecule has 5 nitrogen and oxygen atoms in total. The zero-order valence-electron chi connectivity index (χ0n) is 12.1. The van der Waals surface area contributed by atoms with Crippen LogP contribution in [0.3, 0.4) is 0 Å². The molecule has 1 unspecified atom stereocenters. The Balaban J connectivity index is 2.72. The smallest absolute Gasteiger partial charge is 0.242 e. The fraction of sp³-hybridized carbons (Fsp3) is 0.857. The fourth-order valence-electron chi connectivity index (χ4n) is 2.83. The Hall–Kier alpha value is -1.10. The first-order valence-corrected chi connectivity index (χ1v) is 7.38. The monoisotopic (exact) mass is 269 g/mol. The molecule has 0 aromatic carbocycles. The lowest BCUT2D eigenvalue weighted by atomic mass is 9.78. The number of amides is 2.